The highest BCUT2D eigenvalue weighted by Crippen LogP contribution is 2.27. The van der Waals surface area contributed by atoms with Crippen molar-refractivity contribution in [3.63, 3.8) is 0 Å². The van der Waals surface area contributed by atoms with Crippen molar-refractivity contribution in [1.29, 1.82) is 0 Å². The lowest BCUT2D eigenvalue weighted by molar-refractivity contribution is 0.179. The molecule has 1 N–H and O–H groups in total. The van der Waals surface area contributed by atoms with Gasteiger partial charge in [-0.2, -0.15) is 4.98 Å². The molecule has 0 bridgehead atoms. The molecule has 1 aromatic rings. The van der Waals surface area contributed by atoms with Gasteiger partial charge in [-0.25, -0.2) is 0 Å². The van der Waals surface area contributed by atoms with E-state index in [1.807, 2.05) is 6.92 Å². The van der Waals surface area contributed by atoms with Crippen molar-refractivity contribution in [2.24, 2.45) is 0 Å². The molecule has 5 heteroatoms. The van der Waals surface area contributed by atoms with Crippen LogP contribution in [0.4, 0.5) is 0 Å². The molecule has 0 radical (unpaired) electrons. The number of aliphatic hydroxyl groups excluding tert-OH is 1. The molecule has 0 atom stereocenters. The summed E-state index contributed by atoms with van der Waals surface area (Å²) in [6.45, 7) is 3.56. The molecule has 1 saturated carbocycles. The first kappa shape index (κ1) is 10.6. The van der Waals surface area contributed by atoms with E-state index in [1.165, 1.54) is 12.8 Å². The zero-order chi connectivity index (χ0) is 10.7. The minimum absolute atomic E-state index is 0.189. The van der Waals surface area contributed by atoms with Gasteiger partial charge in [0, 0.05) is 19.0 Å². The molecule has 15 heavy (non-hydrogen) atoms. The molecule has 1 aromatic heterocycles. The summed E-state index contributed by atoms with van der Waals surface area (Å²) in [6.07, 6.45) is 3.22. The molecule has 1 fully saturated rings. The predicted octanol–water partition coefficient (Wildman–Crippen LogP) is 0.589. The highest BCUT2D eigenvalue weighted by atomic mass is 16.5. The largest absolute Gasteiger partial charge is 0.395 e. The smallest absolute Gasteiger partial charge is 0.226 e. The summed E-state index contributed by atoms with van der Waals surface area (Å²) in [6, 6.07) is 0.612. The molecular formula is C10H17N3O2. The van der Waals surface area contributed by atoms with Crippen LogP contribution in [0.25, 0.3) is 0 Å². The summed E-state index contributed by atoms with van der Waals surface area (Å²) in [7, 11) is 0. The Morgan fingerprint density at radius 2 is 2.33 bits per heavy atom. The summed E-state index contributed by atoms with van der Waals surface area (Å²) >= 11 is 0. The average molecular weight is 211 g/mol. The van der Waals surface area contributed by atoms with E-state index in [0.29, 0.717) is 25.0 Å². The maximum Gasteiger partial charge on any atom is 0.226 e. The lowest BCUT2D eigenvalue weighted by Crippen LogP contribution is -2.29. The van der Waals surface area contributed by atoms with Crippen molar-refractivity contribution in [3.05, 3.63) is 11.7 Å². The van der Waals surface area contributed by atoms with Gasteiger partial charge in [0.05, 0.1) is 13.2 Å². The average Bonchev–Trinajstić information content (AvgIpc) is 2.99. The van der Waals surface area contributed by atoms with Crippen LogP contribution in [0, 0.1) is 0 Å². The van der Waals surface area contributed by atoms with Crippen LogP contribution < -0.4 is 0 Å². The number of aryl methyl sites for hydroxylation is 1. The van der Waals surface area contributed by atoms with Gasteiger partial charge in [-0.15, -0.1) is 0 Å². The van der Waals surface area contributed by atoms with Crippen LogP contribution in [0.5, 0.6) is 0 Å². The first-order valence-corrected chi connectivity index (χ1v) is 5.50. The van der Waals surface area contributed by atoms with Crippen LogP contribution in [0.15, 0.2) is 4.52 Å². The molecule has 5 nitrogen and oxygen atoms in total. The van der Waals surface area contributed by atoms with Crippen LogP contribution in [0.1, 0.15) is 31.5 Å². The van der Waals surface area contributed by atoms with Crippen LogP contribution in [0.3, 0.4) is 0 Å². The van der Waals surface area contributed by atoms with Gasteiger partial charge in [-0.05, 0) is 12.8 Å². The van der Waals surface area contributed by atoms with Crippen LogP contribution in [0.2, 0.25) is 0 Å². The van der Waals surface area contributed by atoms with Gasteiger partial charge in [-0.1, -0.05) is 12.1 Å². The maximum absolute atomic E-state index is 8.94. The molecule has 84 valence electrons. The fourth-order valence-electron chi connectivity index (χ4n) is 1.64. The third-order valence-corrected chi connectivity index (χ3v) is 2.61. The Morgan fingerprint density at radius 3 is 2.87 bits per heavy atom. The molecule has 0 unspecified atom stereocenters. The Morgan fingerprint density at radius 1 is 1.53 bits per heavy atom. The summed E-state index contributed by atoms with van der Waals surface area (Å²) in [5, 5.41) is 12.8. The third-order valence-electron chi connectivity index (χ3n) is 2.61. The minimum Gasteiger partial charge on any atom is -0.395 e. The molecule has 2 rings (SSSR count). The van der Waals surface area contributed by atoms with Crippen molar-refractivity contribution < 1.29 is 9.63 Å². The molecule has 0 aromatic carbocycles. The van der Waals surface area contributed by atoms with Crippen molar-refractivity contribution in [2.75, 3.05) is 13.2 Å². The molecule has 1 heterocycles. The number of aliphatic hydroxyl groups is 1. The van der Waals surface area contributed by atoms with Crippen LogP contribution in [-0.4, -0.2) is 39.3 Å². The van der Waals surface area contributed by atoms with Gasteiger partial charge < -0.3 is 9.63 Å². The normalized spacial score (nSPS) is 16.2. The number of rotatable bonds is 6. The van der Waals surface area contributed by atoms with Crippen LogP contribution in [-0.2, 0) is 13.0 Å². The second-order valence-corrected chi connectivity index (χ2v) is 3.88. The Labute approximate surface area is 89.1 Å². The summed E-state index contributed by atoms with van der Waals surface area (Å²) in [4.78, 5) is 6.47. The first-order chi connectivity index (χ1) is 7.33. The molecule has 0 spiro atoms. The molecular weight excluding hydrogens is 194 g/mol. The van der Waals surface area contributed by atoms with Gasteiger partial charge in [0.15, 0.2) is 5.82 Å². The standard InChI is InChI=1S/C10H17N3O2/c1-2-10-11-9(12-15-10)7-13(5-6-14)8-3-4-8/h8,14H,2-7H2,1H3. The van der Waals surface area contributed by atoms with E-state index in [2.05, 4.69) is 15.0 Å². The SMILES string of the molecule is CCc1nc(CN(CCO)C2CC2)no1. The Kier molecular flexibility index (Phi) is 3.33. The van der Waals surface area contributed by atoms with Gasteiger partial charge in [0.2, 0.25) is 5.89 Å². The van der Waals surface area contributed by atoms with Gasteiger partial charge in [0.1, 0.15) is 0 Å². The van der Waals surface area contributed by atoms with Gasteiger partial charge >= 0.3 is 0 Å². The van der Waals surface area contributed by atoms with E-state index in [9.17, 15) is 0 Å². The van der Waals surface area contributed by atoms with E-state index in [-0.39, 0.29) is 6.61 Å². The second-order valence-electron chi connectivity index (χ2n) is 3.88. The van der Waals surface area contributed by atoms with Crippen molar-refractivity contribution in [1.82, 2.24) is 15.0 Å². The lowest BCUT2D eigenvalue weighted by Gasteiger charge is -2.18. The van der Waals surface area contributed by atoms with E-state index in [4.69, 9.17) is 9.63 Å². The van der Waals surface area contributed by atoms with Gasteiger partial charge in [0.25, 0.3) is 0 Å². The second kappa shape index (κ2) is 4.72. The summed E-state index contributed by atoms with van der Waals surface area (Å²) < 4.78 is 5.04. The number of hydrogen-bond acceptors (Lipinski definition) is 5. The topological polar surface area (TPSA) is 62.4 Å². The fourth-order valence-corrected chi connectivity index (χ4v) is 1.64. The first-order valence-electron chi connectivity index (χ1n) is 5.50. The minimum atomic E-state index is 0.189. The Bertz CT molecular complexity index is 309. The molecule has 1 aliphatic rings. The van der Waals surface area contributed by atoms with E-state index < -0.39 is 0 Å². The van der Waals surface area contributed by atoms with E-state index >= 15 is 0 Å². The number of nitrogens with zero attached hydrogens (tertiary/aromatic N) is 3. The highest BCUT2D eigenvalue weighted by molar-refractivity contribution is 4.91. The van der Waals surface area contributed by atoms with Crippen molar-refractivity contribution in [2.45, 2.75) is 38.8 Å². The molecule has 0 aliphatic heterocycles. The van der Waals surface area contributed by atoms with E-state index in [0.717, 1.165) is 12.2 Å². The Balaban J connectivity index is 1.92. The molecule has 1 aliphatic carbocycles. The van der Waals surface area contributed by atoms with E-state index in [1.54, 1.807) is 0 Å². The summed E-state index contributed by atoms with van der Waals surface area (Å²) in [5.41, 5.74) is 0. The summed E-state index contributed by atoms with van der Waals surface area (Å²) in [5.74, 6) is 1.41. The third kappa shape index (κ3) is 2.76. The predicted molar refractivity (Wildman–Crippen MR) is 54.2 cm³/mol. The quantitative estimate of drug-likeness (QED) is 0.746. The molecule has 0 saturated heterocycles. The highest BCUT2D eigenvalue weighted by Gasteiger charge is 2.29. The lowest BCUT2D eigenvalue weighted by atomic mass is 10.4. The van der Waals surface area contributed by atoms with Gasteiger partial charge in [-0.3, -0.25) is 4.90 Å². The molecule has 0 amide bonds. The van der Waals surface area contributed by atoms with Crippen molar-refractivity contribution >= 4 is 0 Å². The Hall–Kier alpha value is -0.940. The maximum atomic E-state index is 8.94. The zero-order valence-electron chi connectivity index (χ0n) is 9.02. The number of hydrogen-bond donors (Lipinski definition) is 1. The zero-order valence-corrected chi connectivity index (χ0v) is 9.02. The monoisotopic (exact) mass is 211 g/mol. The number of aromatic nitrogens is 2. The van der Waals surface area contributed by atoms with Crippen LogP contribution >= 0.6 is 0 Å². The fraction of sp³-hybridized carbons (Fsp3) is 0.800. The van der Waals surface area contributed by atoms with Crippen molar-refractivity contribution in [3.8, 4) is 0 Å².